The summed E-state index contributed by atoms with van der Waals surface area (Å²) in [6, 6.07) is 10.6. The topological polar surface area (TPSA) is 55.1 Å². The van der Waals surface area contributed by atoms with Gasteiger partial charge in [0, 0.05) is 4.47 Å². The Balaban J connectivity index is 2.25. The van der Waals surface area contributed by atoms with E-state index in [0.717, 1.165) is 10.0 Å². The van der Waals surface area contributed by atoms with E-state index in [0.29, 0.717) is 22.0 Å². The number of nitrogens with two attached hydrogens (primary N) is 1. The molecule has 2 aromatic rings. The number of hydrogen-bond donors (Lipinski definition) is 2. The van der Waals surface area contributed by atoms with Crippen LogP contribution < -0.4 is 11.1 Å². The van der Waals surface area contributed by atoms with E-state index in [1.54, 1.807) is 30.3 Å². The molecule has 0 spiro atoms. The van der Waals surface area contributed by atoms with Crippen molar-refractivity contribution in [2.24, 2.45) is 0 Å². The number of halogens is 2. The molecule has 0 radical (unpaired) electrons. The maximum absolute atomic E-state index is 12.1. The second-order valence-corrected chi connectivity index (χ2v) is 5.49. The van der Waals surface area contributed by atoms with E-state index in [4.69, 9.17) is 17.3 Å². The Bertz CT molecular complexity index is 643. The van der Waals surface area contributed by atoms with E-state index < -0.39 is 0 Å². The van der Waals surface area contributed by atoms with Gasteiger partial charge >= 0.3 is 0 Å². The predicted molar refractivity (Wildman–Crippen MR) is 82.7 cm³/mol. The molecule has 2 rings (SSSR count). The van der Waals surface area contributed by atoms with Crippen LogP contribution in [-0.2, 0) is 0 Å². The van der Waals surface area contributed by atoms with Crippen LogP contribution in [0.25, 0.3) is 0 Å². The van der Waals surface area contributed by atoms with Crippen molar-refractivity contribution in [3.05, 3.63) is 57.0 Å². The first kappa shape index (κ1) is 13.9. The zero-order valence-electron chi connectivity index (χ0n) is 10.2. The van der Waals surface area contributed by atoms with Gasteiger partial charge in [0.2, 0.25) is 0 Å². The lowest BCUT2D eigenvalue weighted by Gasteiger charge is -2.10. The summed E-state index contributed by atoms with van der Waals surface area (Å²) in [5.41, 5.74) is 8.41. The van der Waals surface area contributed by atoms with E-state index in [9.17, 15) is 4.79 Å². The zero-order chi connectivity index (χ0) is 14.0. The van der Waals surface area contributed by atoms with E-state index in [2.05, 4.69) is 21.2 Å². The van der Waals surface area contributed by atoms with Crippen molar-refractivity contribution in [1.29, 1.82) is 0 Å². The molecule has 0 fully saturated rings. The summed E-state index contributed by atoms with van der Waals surface area (Å²) in [4.78, 5) is 12.1. The first-order valence-corrected chi connectivity index (χ1v) is 6.77. The van der Waals surface area contributed by atoms with Gasteiger partial charge in [-0.05, 0) is 42.8 Å². The molecular formula is C14H12BrClN2O. The molecule has 0 aliphatic heterocycles. The number of amides is 1. The number of benzene rings is 2. The second kappa shape index (κ2) is 5.63. The van der Waals surface area contributed by atoms with Crippen LogP contribution in [0.5, 0.6) is 0 Å². The fraction of sp³-hybridized carbons (Fsp3) is 0.0714. The number of anilines is 2. The highest BCUT2D eigenvalue weighted by atomic mass is 79.9. The summed E-state index contributed by atoms with van der Waals surface area (Å²) in [6.07, 6.45) is 0. The Morgan fingerprint density at radius 1 is 1.26 bits per heavy atom. The number of aryl methyl sites for hydroxylation is 1. The molecule has 0 bridgehead atoms. The molecule has 0 unspecified atom stereocenters. The van der Waals surface area contributed by atoms with Gasteiger partial charge in [0.1, 0.15) is 0 Å². The standard InChI is InChI=1S/C14H12BrClN2O/c1-8-2-5-13(12(17)6-8)18-14(19)10-4-3-9(15)7-11(10)16/h2-7H,17H2,1H3,(H,18,19). The van der Waals surface area contributed by atoms with Crippen LogP contribution in [0.1, 0.15) is 15.9 Å². The zero-order valence-corrected chi connectivity index (χ0v) is 12.5. The molecule has 2 aromatic carbocycles. The average molecular weight is 340 g/mol. The molecule has 0 heterocycles. The highest BCUT2D eigenvalue weighted by Crippen LogP contribution is 2.24. The summed E-state index contributed by atoms with van der Waals surface area (Å²) in [6.45, 7) is 1.94. The molecule has 98 valence electrons. The van der Waals surface area contributed by atoms with Crippen LogP contribution in [0.2, 0.25) is 5.02 Å². The van der Waals surface area contributed by atoms with Gasteiger partial charge < -0.3 is 11.1 Å². The van der Waals surface area contributed by atoms with Crippen molar-refractivity contribution in [3.8, 4) is 0 Å². The third-order valence-corrected chi connectivity index (χ3v) is 3.44. The van der Waals surface area contributed by atoms with Crippen molar-refractivity contribution in [3.63, 3.8) is 0 Å². The second-order valence-electron chi connectivity index (χ2n) is 4.17. The van der Waals surface area contributed by atoms with Crippen LogP contribution in [0.3, 0.4) is 0 Å². The Morgan fingerprint density at radius 2 is 2.00 bits per heavy atom. The fourth-order valence-corrected chi connectivity index (χ4v) is 2.42. The van der Waals surface area contributed by atoms with Crippen LogP contribution >= 0.6 is 27.5 Å². The quantitative estimate of drug-likeness (QED) is 0.804. The van der Waals surface area contributed by atoms with Crippen molar-refractivity contribution in [2.75, 3.05) is 11.1 Å². The molecule has 0 aromatic heterocycles. The SMILES string of the molecule is Cc1ccc(NC(=O)c2ccc(Br)cc2Cl)c(N)c1. The highest BCUT2D eigenvalue weighted by Gasteiger charge is 2.12. The van der Waals surface area contributed by atoms with Gasteiger partial charge in [-0.2, -0.15) is 0 Å². The maximum atomic E-state index is 12.1. The minimum atomic E-state index is -0.284. The van der Waals surface area contributed by atoms with Crippen molar-refractivity contribution >= 4 is 44.8 Å². The maximum Gasteiger partial charge on any atom is 0.257 e. The summed E-state index contributed by atoms with van der Waals surface area (Å²) in [5.74, 6) is -0.284. The van der Waals surface area contributed by atoms with Crippen molar-refractivity contribution in [1.82, 2.24) is 0 Å². The van der Waals surface area contributed by atoms with Gasteiger partial charge in [0.15, 0.2) is 0 Å². The molecule has 5 heteroatoms. The fourth-order valence-electron chi connectivity index (χ4n) is 1.66. The van der Waals surface area contributed by atoms with Gasteiger partial charge in [-0.25, -0.2) is 0 Å². The molecule has 19 heavy (non-hydrogen) atoms. The molecule has 0 saturated carbocycles. The molecule has 0 atom stereocenters. The number of nitrogens with one attached hydrogen (secondary N) is 1. The van der Waals surface area contributed by atoms with Crippen LogP contribution in [0.15, 0.2) is 40.9 Å². The van der Waals surface area contributed by atoms with E-state index >= 15 is 0 Å². The van der Waals surface area contributed by atoms with E-state index in [-0.39, 0.29) is 5.91 Å². The Morgan fingerprint density at radius 3 is 2.63 bits per heavy atom. The highest BCUT2D eigenvalue weighted by molar-refractivity contribution is 9.10. The van der Waals surface area contributed by atoms with Crippen molar-refractivity contribution in [2.45, 2.75) is 6.92 Å². The van der Waals surface area contributed by atoms with Gasteiger partial charge in [0.25, 0.3) is 5.91 Å². The van der Waals surface area contributed by atoms with Gasteiger partial charge in [-0.15, -0.1) is 0 Å². The smallest absolute Gasteiger partial charge is 0.257 e. The number of rotatable bonds is 2. The van der Waals surface area contributed by atoms with E-state index in [1.807, 2.05) is 13.0 Å². The van der Waals surface area contributed by atoms with Gasteiger partial charge in [-0.3, -0.25) is 4.79 Å². The summed E-state index contributed by atoms with van der Waals surface area (Å²) in [7, 11) is 0. The van der Waals surface area contributed by atoms with Gasteiger partial charge in [0.05, 0.1) is 22.0 Å². The van der Waals surface area contributed by atoms with Gasteiger partial charge in [-0.1, -0.05) is 33.6 Å². The molecular weight excluding hydrogens is 328 g/mol. The van der Waals surface area contributed by atoms with Crippen LogP contribution in [0, 0.1) is 6.92 Å². The molecule has 3 nitrogen and oxygen atoms in total. The minimum absolute atomic E-state index is 0.284. The summed E-state index contributed by atoms with van der Waals surface area (Å²) >= 11 is 9.33. The lowest BCUT2D eigenvalue weighted by molar-refractivity contribution is 0.102. The number of nitrogen functional groups attached to an aromatic ring is 1. The number of carbonyl (C=O) groups excluding carboxylic acids is 1. The Hall–Kier alpha value is -1.52. The first-order valence-electron chi connectivity index (χ1n) is 5.60. The average Bonchev–Trinajstić information content (AvgIpc) is 2.32. The first-order chi connectivity index (χ1) is 8.97. The largest absolute Gasteiger partial charge is 0.397 e. The molecule has 0 aliphatic rings. The lowest BCUT2D eigenvalue weighted by Crippen LogP contribution is -2.13. The Kier molecular flexibility index (Phi) is 4.12. The van der Waals surface area contributed by atoms with Crippen molar-refractivity contribution < 1.29 is 4.79 Å². The minimum Gasteiger partial charge on any atom is -0.397 e. The summed E-state index contributed by atoms with van der Waals surface area (Å²) < 4.78 is 0.823. The normalized spacial score (nSPS) is 10.3. The lowest BCUT2D eigenvalue weighted by atomic mass is 10.1. The Labute approximate surface area is 124 Å². The summed E-state index contributed by atoms with van der Waals surface area (Å²) in [5, 5.41) is 3.14. The molecule has 0 aliphatic carbocycles. The number of hydrogen-bond acceptors (Lipinski definition) is 2. The predicted octanol–water partition coefficient (Wildman–Crippen LogP) is 4.25. The monoisotopic (exact) mass is 338 g/mol. The van der Waals surface area contributed by atoms with E-state index in [1.165, 1.54) is 0 Å². The molecule has 0 saturated heterocycles. The third kappa shape index (κ3) is 3.28. The van der Waals surface area contributed by atoms with Crippen LogP contribution in [0.4, 0.5) is 11.4 Å². The molecule has 3 N–H and O–H groups in total. The van der Waals surface area contributed by atoms with Crippen LogP contribution in [-0.4, -0.2) is 5.91 Å². The molecule has 1 amide bonds. The number of carbonyl (C=O) groups is 1. The third-order valence-electron chi connectivity index (χ3n) is 2.63.